The highest BCUT2D eigenvalue weighted by atomic mass is 127. The van der Waals surface area contributed by atoms with Gasteiger partial charge in [0.15, 0.2) is 5.96 Å². The fraction of sp³-hybridized carbons (Fsp3) is 0.706. The smallest absolute Gasteiger partial charge is 0.211 e. The van der Waals surface area contributed by atoms with Crippen molar-refractivity contribution in [3.8, 4) is 0 Å². The molecule has 10 heteroatoms. The van der Waals surface area contributed by atoms with Crippen molar-refractivity contribution < 1.29 is 8.42 Å². The highest BCUT2D eigenvalue weighted by Gasteiger charge is 2.28. The maximum atomic E-state index is 11.7. The quantitative estimate of drug-likeness (QED) is 0.359. The Kier molecular flexibility index (Phi) is 8.63. The summed E-state index contributed by atoms with van der Waals surface area (Å²) in [4.78, 5) is 9.56. The first kappa shape index (κ1) is 22.7. The van der Waals surface area contributed by atoms with Gasteiger partial charge in [0, 0.05) is 52.4 Å². The molecule has 2 aliphatic heterocycles. The average Bonchev–Trinajstić information content (AvgIpc) is 3.30. The number of hydrogen-bond acceptors (Lipinski definition) is 5. The molecule has 1 aromatic rings. The molecule has 154 valence electrons. The number of nitrogens with zero attached hydrogens (tertiary/aromatic N) is 4. The number of rotatable bonds is 5. The predicted octanol–water partition coefficient (Wildman–Crippen LogP) is 1.74. The summed E-state index contributed by atoms with van der Waals surface area (Å²) in [5.74, 6) is 1.27. The number of thiophene rings is 1. The van der Waals surface area contributed by atoms with Gasteiger partial charge in [0.1, 0.15) is 0 Å². The van der Waals surface area contributed by atoms with Crippen LogP contribution in [0.1, 0.15) is 13.3 Å². The average molecular weight is 527 g/mol. The summed E-state index contributed by atoms with van der Waals surface area (Å²) in [6.45, 7) is 8.70. The van der Waals surface area contributed by atoms with Crippen molar-refractivity contribution in [3.05, 3.63) is 17.5 Å². The number of anilines is 1. The van der Waals surface area contributed by atoms with E-state index in [0.29, 0.717) is 25.6 Å². The number of hydrogen-bond donors (Lipinski definition) is 1. The second-order valence-corrected chi connectivity index (χ2v) is 9.80. The molecule has 1 unspecified atom stereocenters. The van der Waals surface area contributed by atoms with Gasteiger partial charge in [0.05, 0.1) is 11.3 Å². The molecule has 0 amide bonds. The monoisotopic (exact) mass is 527 g/mol. The Balaban J connectivity index is 0.00000261. The standard InChI is InChI=1S/C17H29N5O2S2.HI/c1-3-18-17(19-13-15-6-7-22(14-15)26(2,23)24)21-10-8-20(9-11-21)16-5-4-12-25-16;/h4-5,12,15H,3,6-11,13-14H2,1-2H3,(H,18,19);1H. The molecule has 0 aliphatic carbocycles. The van der Waals surface area contributed by atoms with E-state index in [1.165, 1.54) is 11.3 Å². The van der Waals surface area contributed by atoms with Gasteiger partial charge in [0.2, 0.25) is 10.0 Å². The van der Waals surface area contributed by atoms with E-state index in [9.17, 15) is 8.42 Å². The van der Waals surface area contributed by atoms with Crippen molar-refractivity contribution >= 4 is 56.3 Å². The zero-order valence-corrected chi connectivity index (χ0v) is 20.0. The zero-order valence-electron chi connectivity index (χ0n) is 16.0. The first-order valence-electron chi connectivity index (χ1n) is 9.24. The van der Waals surface area contributed by atoms with E-state index < -0.39 is 10.0 Å². The van der Waals surface area contributed by atoms with Crippen molar-refractivity contribution in [2.24, 2.45) is 10.9 Å². The topological polar surface area (TPSA) is 68.2 Å². The van der Waals surface area contributed by atoms with Gasteiger partial charge in [-0.2, -0.15) is 0 Å². The van der Waals surface area contributed by atoms with Crippen LogP contribution in [0.4, 0.5) is 5.00 Å². The number of aliphatic imine (C=N–C) groups is 1. The SMILES string of the molecule is CCNC(=NCC1CCN(S(C)(=O)=O)C1)N1CCN(c2cccs2)CC1.I. The first-order chi connectivity index (χ1) is 12.5. The molecule has 0 bridgehead atoms. The van der Waals surface area contributed by atoms with Gasteiger partial charge in [-0.3, -0.25) is 4.99 Å². The number of piperazine rings is 1. The highest BCUT2D eigenvalue weighted by Crippen LogP contribution is 2.23. The molecule has 2 fully saturated rings. The van der Waals surface area contributed by atoms with Crippen molar-refractivity contribution in [2.75, 3.05) is 63.5 Å². The van der Waals surface area contributed by atoms with E-state index in [2.05, 4.69) is 39.6 Å². The lowest BCUT2D eigenvalue weighted by Gasteiger charge is -2.37. The number of halogens is 1. The molecule has 1 N–H and O–H groups in total. The molecular formula is C17H30IN5O2S2. The van der Waals surface area contributed by atoms with Gasteiger partial charge < -0.3 is 15.1 Å². The van der Waals surface area contributed by atoms with E-state index >= 15 is 0 Å². The lowest BCUT2D eigenvalue weighted by molar-refractivity contribution is 0.372. The molecule has 2 saturated heterocycles. The Hall–Kier alpha value is -0.590. The number of guanidine groups is 1. The fourth-order valence-electron chi connectivity index (χ4n) is 3.48. The molecule has 1 atom stereocenters. The van der Waals surface area contributed by atoms with Gasteiger partial charge in [-0.25, -0.2) is 12.7 Å². The molecule has 1 aromatic heterocycles. The minimum Gasteiger partial charge on any atom is -0.360 e. The van der Waals surface area contributed by atoms with Gasteiger partial charge in [0.25, 0.3) is 0 Å². The van der Waals surface area contributed by atoms with Gasteiger partial charge in [-0.1, -0.05) is 0 Å². The van der Waals surface area contributed by atoms with Crippen LogP contribution < -0.4 is 10.2 Å². The molecule has 0 aromatic carbocycles. The summed E-state index contributed by atoms with van der Waals surface area (Å²) in [5, 5.41) is 6.85. The number of nitrogens with one attached hydrogen (secondary N) is 1. The van der Waals surface area contributed by atoms with Crippen molar-refractivity contribution in [3.63, 3.8) is 0 Å². The molecule has 0 spiro atoms. The fourth-order valence-corrected chi connectivity index (χ4v) is 5.18. The first-order valence-corrected chi connectivity index (χ1v) is 12.0. The summed E-state index contributed by atoms with van der Waals surface area (Å²) in [6.07, 6.45) is 2.18. The minimum atomic E-state index is -3.08. The Labute approximate surface area is 183 Å². The third-order valence-electron chi connectivity index (χ3n) is 4.95. The van der Waals surface area contributed by atoms with Crippen molar-refractivity contribution in [1.29, 1.82) is 0 Å². The molecular weight excluding hydrogens is 497 g/mol. The summed E-state index contributed by atoms with van der Waals surface area (Å²) in [6, 6.07) is 4.27. The van der Waals surface area contributed by atoms with E-state index in [4.69, 9.17) is 4.99 Å². The molecule has 0 saturated carbocycles. The van der Waals surface area contributed by atoms with Crippen LogP contribution in [-0.2, 0) is 10.0 Å². The predicted molar refractivity (Wildman–Crippen MR) is 124 cm³/mol. The van der Waals surface area contributed by atoms with Crippen LogP contribution in [-0.4, -0.2) is 82.2 Å². The van der Waals surface area contributed by atoms with Crippen molar-refractivity contribution in [1.82, 2.24) is 14.5 Å². The van der Waals surface area contributed by atoms with Crippen LogP contribution in [0.5, 0.6) is 0 Å². The summed E-state index contributed by atoms with van der Waals surface area (Å²) in [5.41, 5.74) is 0. The third-order valence-corrected chi connectivity index (χ3v) is 7.15. The van der Waals surface area contributed by atoms with Crippen LogP contribution in [0, 0.1) is 5.92 Å². The Morgan fingerprint density at radius 1 is 1.30 bits per heavy atom. The lowest BCUT2D eigenvalue weighted by Crippen LogP contribution is -2.52. The van der Waals surface area contributed by atoms with Crippen molar-refractivity contribution in [2.45, 2.75) is 13.3 Å². The van der Waals surface area contributed by atoms with E-state index in [0.717, 1.165) is 45.1 Å². The molecule has 7 nitrogen and oxygen atoms in total. The highest BCUT2D eigenvalue weighted by molar-refractivity contribution is 14.0. The second-order valence-electron chi connectivity index (χ2n) is 6.90. The summed E-state index contributed by atoms with van der Waals surface area (Å²) >= 11 is 1.79. The van der Waals surface area contributed by atoms with Crippen LogP contribution in [0.15, 0.2) is 22.5 Å². The van der Waals surface area contributed by atoms with Crippen LogP contribution >= 0.6 is 35.3 Å². The largest absolute Gasteiger partial charge is 0.360 e. The third kappa shape index (κ3) is 6.20. The molecule has 0 radical (unpaired) electrons. The molecule has 2 aliphatic rings. The second kappa shape index (κ2) is 10.3. The maximum absolute atomic E-state index is 11.7. The van der Waals surface area contributed by atoms with Crippen LogP contribution in [0.25, 0.3) is 0 Å². The Bertz CT molecular complexity index is 703. The summed E-state index contributed by atoms with van der Waals surface area (Å²) < 4.78 is 24.9. The van der Waals surface area contributed by atoms with Gasteiger partial charge >= 0.3 is 0 Å². The minimum absolute atomic E-state index is 0. The van der Waals surface area contributed by atoms with Gasteiger partial charge in [-0.15, -0.1) is 35.3 Å². The van der Waals surface area contributed by atoms with Crippen LogP contribution in [0.3, 0.4) is 0 Å². The Morgan fingerprint density at radius 3 is 2.59 bits per heavy atom. The normalized spacial score (nSPS) is 22.0. The van der Waals surface area contributed by atoms with E-state index in [-0.39, 0.29) is 24.0 Å². The lowest BCUT2D eigenvalue weighted by atomic mass is 10.1. The summed E-state index contributed by atoms with van der Waals surface area (Å²) in [7, 11) is -3.08. The molecule has 3 rings (SSSR count). The molecule has 3 heterocycles. The van der Waals surface area contributed by atoms with E-state index in [1.54, 1.807) is 15.6 Å². The van der Waals surface area contributed by atoms with E-state index in [1.807, 2.05) is 0 Å². The Morgan fingerprint density at radius 2 is 2.04 bits per heavy atom. The number of sulfonamides is 1. The zero-order chi connectivity index (χ0) is 18.6. The maximum Gasteiger partial charge on any atom is 0.211 e. The van der Waals surface area contributed by atoms with Gasteiger partial charge in [-0.05, 0) is 36.8 Å². The van der Waals surface area contributed by atoms with Crippen LogP contribution in [0.2, 0.25) is 0 Å². The molecule has 27 heavy (non-hydrogen) atoms.